The largest absolute Gasteiger partial charge is 0.445 e. The first-order valence-electron chi connectivity index (χ1n) is 11.3. The van der Waals surface area contributed by atoms with E-state index in [9.17, 15) is 14.0 Å². The maximum absolute atomic E-state index is 13.9. The van der Waals surface area contributed by atoms with Crippen molar-refractivity contribution in [3.8, 4) is 10.6 Å². The number of hydrogen-bond donors (Lipinski definition) is 1. The Labute approximate surface area is 202 Å². The number of thiophene rings is 1. The van der Waals surface area contributed by atoms with E-state index in [-0.39, 0.29) is 17.8 Å². The molecule has 178 valence electrons. The lowest BCUT2D eigenvalue weighted by Crippen LogP contribution is -2.51. The van der Waals surface area contributed by atoms with Crippen LogP contribution in [0.2, 0.25) is 0 Å². The van der Waals surface area contributed by atoms with Crippen LogP contribution in [0.4, 0.5) is 4.39 Å². The molecule has 2 N–H and O–H groups in total. The first-order valence-corrected chi connectivity index (χ1v) is 12.1. The quantitative estimate of drug-likeness (QED) is 0.489. The highest BCUT2D eigenvalue weighted by Crippen LogP contribution is 2.43. The minimum absolute atomic E-state index is 0.0181. The van der Waals surface area contributed by atoms with E-state index in [2.05, 4.69) is 9.88 Å². The van der Waals surface area contributed by atoms with E-state index < -0.39 is 17.5 Å². The van der Waals surface area contributed by atoms with E-state index in [1.165, 1.54) is 17.4 Å². The summed E-state index contributed by atoms with van der Waals surface area (Å²) in [5.74, 6) is -1.30. The van der Waals surface area contributed by atoms with Crippen LogP contribution in [0.5, 0.6) is 0 Å². The van der Waals surface area contributed by atoms with E-state index in [1.807, 2.05) is 44.4 Å². The molecule has 1 unspecified atom stereocenters. The van der Waals surface area contributed by atoms with Crippen LogP contribution in [0.3, 0.4) is 0 Å². The van der Waals surface area contributed by atoms with Gasteiger partial charge >= 0.3 is 5.97 Å². The standard InChI is InChI=1S/C26H28FN3O3S/c1-30(2)23(18-6-5-7-19(27)16-18)17-11-13-26(14-12-17,25(28)32)33-24(31)22-10-9-21(34-22)20-8-3-4-15-29-20/h3-10,15-17,23H,11-14H2,1-2H3,(H2,28,32). The van der Waals surface area contributed by atoms with Gasteiger partial charge in [-0.1, -0.05) is 18.2 Å². The number of benzene rings is 1. The summed E-state index contributed by atoms with van der Waals surface area (Å²) in [6.45, 7) is 0. The Balaban J connectivity index is 1.48. The van der Waals surface area contributed by atoms with Crippen LogP contribution in [0.25, 0.3) is 10.6 Å². The highest BCUT2D eigenvalue weighted by Gasteiger charge is 2.46. The molecule has 0 bridgehead atoms. The number of carbonyl (C=O) groups is 2. The Bertz CT molecular complexity index is 1160. The van der Waals surface area contributed by atoms with Gasteiger partial charge in [-0.15, -0.1) is 11.3 Å². The summed E-state index contributed by atoms with van der Waals surface area (Å²) in [7, 11) is 3.92. The number of rotatable bonds is 7. The van der Waals surface area contributed by atoms with E-state index in [4.69, 9.17) is 10.5 Å². The lowest BCUT2D eigenvalue weighted by Gasteiger charge is -2.41. The second-order valence-electron chi connectivity index (χ2n) is 8.93. The average Bonchev–Trinajstić information content (AvgIpc) is 3.31. The molecule has 1 saturated carbocycles. The van der Waals surface area contributed by atoms with Gasteiger partial charge in [-0.2, -0.15) is 0 Å². The monoisotopic (exact) mass is 481 g/mol. The van der Waals surface area contributed by atoms with E-state index >= 15 is 0 Å². The summed E-state index contributed by atoms with van der Waals surface area (Å²) >= 11 is 1.27. The van der Waals surface area contributed by atoms with Crippen LogP contribution < -0.4 is 5.73 Å². The van der Waals surface area contributed by atoms with Gasteiger partial charge in [0, 0.05) is 12.2 Å². The van der Waals surface area contributed by atoms with Crippen LogP contribution >= 0.6 is 11.3 Å². The van der Waals surface area contributed by atoms with Crippen LogP contribution in [0.1, 0.15) is 47.0 Å². The van der Waals surface area contributed by atoms with Crippen LogP contribution in [-0.4, -0.2) is 41.5 Å². The van der Waals surface area contributed by atoms with Gasteiger partial charge in [0.2, 0.25) is 0 Å². The zero-order valence-corrected chi connectivity index (χ0v) is 20.1. The number of ether oxygens (including phenoxy) is 1. The Hall–Kier alpha value is -3.10. The molecule has 8 heteroatoms. The molecule has 0 aliphatic heterocycles. The fourth-order valence-corrected chi connectivity index (χ4v) is 5.68. The maximum Gasteiger partial charge on any atom is 0.349 e. The van der Waals surface area contributed by atoms with Gasteiger partial charge in [-0.3, -0.25) is 9.78 Å². The number of aromatic nitrogens is 1. The van der Waals surface area contributed by atoms with Gasteiger partial charge in [0.25, 0.3) is 5.91 Å². The van der Waals surface area contributed by atoms with Gasteiger partial charge in [0.05, 0.1) is 10.6 Å². The van der Waals surface area contributed by atoms with Crippen LogP contribution in [0, 0.1) is 11.7 Å². The van der Waals surface area contributed by atoms with Crippen molar-refractivity contribution in [2.45, 2.75) is 37.3 Å². The second-order valence-corrected chi connectivity index (χ2v) is 10.0. The number of hydrogen-bond acceptors (Lipinski definition) is 6. The molecule has 1 aliphatic rings. The topological polar surface area (TPSA) is 85.5 Å². The molecule has 2 heterocycles. The number of amides is 1. The lowest BCUT2D eigenvalue weighted by molar-refractivity contribution is -0.142. The number of halogens is 1. The highest BCUT2D eigenvalue weighted by molar-refractivity contribution is 7.17. The van der Waals surface area contributed by atoms with Crippen molar-refractivity contribution < 1.29 is 18.7 Å². The molecule has 1 amide bonds. The molecule has 0 saturated heterocycles. The highest BCUT2D eigenvalue weighted by atomic mass is 32.1. The zero-order chi connectivity index (χ0) is 24.3. The van der Waals surface area contributed by atoms with Crippen LogP contribution in [-0.2, 0) is 9.53 Å². The molecule has 34 heavy (non-hydrogen) atoms. The lowest BCUT2D eigenvalue weighted by atomic mass is 9.73. The van der Waals surface area contributed by atoms with E-state index in [0.717, 1.165) is 16.1 Å². The van der Waals surface area contributed by atoms with Gasteiger partial charge in [-0.25, -0.2) is 9.18 Å². The number of carbonyl (C=O) groups excluding carboxylic acids is 2. The molecule has 1 aromatic carbocycles. The molecule has 0 spiro atoms. The van der Waals surface area contributed by atoms with Gasteiger partial charge < -0.3 is 15.4 Å². The predicted octanol–water partition coefficient (Wildman–Crippen LogP) is 4.82. The van der Waals surface area contributed by atoms with Gasteiger partial charge in [0.15, 0.2) is 5.60 Å². The van der Waals surface area contributed by atoms with Crippen molar-refractivity contribution in [2.24, 2.45) is 11.7 Å². The summed E-state index contributed by atoms with van der Waals surface area (Å²) in [5, 5.41) is 0. The maximum atomic E-state index is 13.9. The SMILES string of the molecule is CN(C)C(c1cccc(F)c1)C1CCC(OC(=O)c2ccc(-c3ccccn3)s2)(C(N)=O)CC1. The number of esters is 1. The van der Waals surface area contributed by atoms with E-state index in [0.29, 0.717) is 30.6 Å². The molecule has 3 aromatic rings. The van der Waals surface area contributed by atoms with E-state index in [1.54, 1.807) is 24.4 Å². The van der Waals surface area contributed by atoms with Gasteiger partial charge in [-0.05, 0) is 87.7 Å². The number of pyridine rings is 1. The fraction of sp³-hybridized carbons (Fsp3) is 0.346. The number of nitrogens with zero attached hydrogens (tertiary/aromatic N) is 2. The Morgan fingerprint density at radius 3 is 2.53 bits per heavy atom. The minimum Gasteiger partial charge on any atom is -0.445 e. The minimum atomic E-state index is -1.35. The third-order valence-electron chi connectivity index (χ3n) is 6.49. The smallest absolute Gasteiger partial charge is 0.349 e. The molecular formula is C26H28FN3O3S. The summed E-state index contributed by atoms with van der Waals surface area (Å²) in [6, 6.07) is 15.7. The van der Waals surface area contributed by atoms with Crippen molar-refractivity contribution in [3.05, 3.63) is 77.1 Å². The van der Waals surface area contributed by atoms with Crippen molar-refractivity contribution in [2.75, 3.05) is 14.1 Å². The summed E-state index contributed by atoms with van der Waals surface area (Å²) < 4.78 is 19.7. The first kappa shape index (κ1) is 24.0. The predicted molar refractivity (Wildman–Crippen MR) is 130 cm³/mol. The fourth-order valence-electron chi connectivity index (χ4n) is 4.82. The molecule has 0 radical (unpaired) electrons. The van der Waals surface area contributed by atoms with Crippen molar-refractivity contribution in [1.29, 1.82) is 0 Å². The molecule has 1 atom stereocenters. The zero-order valence-electron chi connectivity index (χ0n) is 19.2. The Kier molecular flexibility index (Phi) is 7.09. The molecule has 1 aliphatic carbocycles. The second kappa shape index (κ2) is 10.0. The third kappa shape index (κ3) is 5.03. The molecule has 4 rings (SSSR count). The molecule has 2 aromatic heterocycles. The summed E-state index contributed by atoms with van der Waals surface area (Å²) in [5.41, 5.74) is 6.06. The first-order chi connectivity index (χ1) is 16.3. The number of primary amides is 1. The van der Waals surface area contributed by atoms with Crippen molar-refractivity contribution in [1.82, 2.24) is 9.88 Å². The molecule has 1 fully saturated rings. The molecule has 6 nitrogen and oxygen atoms in total. The van der Waals surface area contributed by atoms with Crippen LogP contribution in [0.15, 0.2) is 60.8 Å². The Morgan fingerprint density at radius 1 is 1.15 bits per heavy atom. The Morgan fingerprint density at radius 2 is 1.91 bits per heavy atom. The third-order valence-corrected chi connectivity index (χ3v) is 7.58. The summed E-state index contributed by atoms with van der Waals surface area (Å²) in [6.07, 6.45) is 3.60. The summed E-state index contributed by atoms with van der Waals surface area (Å²) in [4.78, 5) is 33.0. The molecular weight excluding hydrogens is 453 g/mol. The number of nitrogens with two attached hydrogens (primary N) is 1. The average molecular weight is 482 g/mol. The van der Waals surface area contributed by atoms with Gasteiger partial charge in [0.1, 0.15) is 10.7 Å². The van der Waals surface area contributed by atoms with Crippen molar-refractivity contribution >= 4 is 23.2 Å². The van der Waals surface area contributed by atoms with Crippen molar-refractivity contribution in [3.63, 3.8) is 0 Å². The normalized spacial score (nSPS) is 21.2.